The number of Topliss-reactive ketones (excluding diaryl/α,β-unsaturated/α-hetero) is 1. The highest BCUT2D eigenvalue weighted by atomic mass is 19.1. The van der Waals surface area contributed by atoms with E-state index < -0.39 is 17.8 Å². The van der Waals surface area contributed by atoms with Gasteiger partial charge >= 0.3 is 11.9 Å². The number of fused-ring (bicyclic) bond motifs is 1. The molecule has 0 spiro atoms. The lowest BCUT2D eigenvalue weighted by Crippen LogP contribution is -2.17. The zero-order chi connectivity index (χ0) is 29.4. The molecule has 0 unspecified atom stereocenters. The molecule has 3 aromatic rings. The minimum absolute atomic E-state index is 0.0180. The predicted octanol–water partition coefficient (Wildman–Crippen LogP) is 5.25. The Bertz CT molecular complexity index is 1500. The first-order valence-corrected chi connectivity index (χ1v) is 12.0. The van der Waals surface area contributed by atoms with E-state index in [0.717, 1.165) is 0 Å². The monoisotopic (exact) mass is 548 g/mol. The Labute approximate surface area is 231 Å². The lowest BCUT2D eigenvalue weighted by molar-refractivity contribution is -0.133. The zero-order valence-electron chi connectivity index (χ0n) is 22.5. The molecule has 0 saturated heterocycles. The molecule has 0 saturated carbocycles. The molecular weight excluding hydrogens is 519 g/mol. The molecule has 40 heavy (non-hydrogen) atoms. The Morgan fingerprint density at radius 3 is 1.88 bits per heavy atom. The maximum atomic E-state index is 15.7. The molecule has 0 radical (unpaired) electrons. The molecule has 208 valence electrons. The summed E-state index contributed by atoms with van der Waals surface area (Å²) in [6.45, 7) is 10.9. The lowest BCUT2D eigenvalue weighted by Gasteiger charge is -2.14. The minimum Gasteiger partial charge on any atom is -0.419 e. The summed E-state index contributed by atoms with van der Waals surface area (Å²) in [5.74, 6) is -2.71. The third kappa shape index (κ3) is 6.95. The molecule has 3 aromatic carbocycles. The van der Waals surface area contributed by atoms with Gasteiger partial charge in [-0.3, -0.25) is 4.79 Å². The quantitative estimate of drug-likeness (QED) is 0.124. The summed E-state index contributed by atoms with van der Waals surface area (Å²) in [6.07, 6.45) is 0. The van der Waals surface area contributed by atoms with Crippen LogP contribution < -0.4 is 9.47 Å². The summed E-state index contributed by atoms with van der Waals surface area (Å²) in [5.41, 5.74) is 1.21. The van der Waals surface area contributed by atoms with Crippen LogP contribution in [0.25, 0.3) is 21.9 Å². The van der Waals surface area contributed by atoms with E-state index in [2.05, 4.69) is 19.7 Å². The van der Waals surface area contributed by atoms with Gasteiger partial charge < -0.3 is 23.7 Å². The Kier molecular flexibility index (Phi) is 10.2. The molecule has 0 bridgehead atoms. The zero-order valence-corrected chi connectivity index (χ0v) is 22.5. The van der Waals surface area contributed by atoms with E-state index in [0.29, 0.717) is 16.5 Å². The van der Waals surface area contributed by atoms with Gasteiger partial charge in [0.15, 0.2) is 17.3 Å². The van der Waals surface area contributed by atoms with Gasteiger partial charge in [-0.05, 0) is 29.1 Å². The number of ketones is 1. The van der Waals surface area contributed by atoms with Crippen LogP contribution in [0.3, 0.4) is 0 Å². The number of hydrogen-bond acceptors (Lipinski definition) is 8. The van der Waals surface area contributed by atoms with E-state index in [1.165, 1.54) is 57.7 Å². The van der Waals surface area contributed by atoms with Crippen molar-refractivity contribution < 1.29 is 42.5 Å². The summed E-state index contributed by atoms with van der Waals surface area (Å²) in [4.78, 5) is 37.5. The highest BCUT2D eigenvalue weighted by molar-refractivity contribution is 6.10. The van der Waals surface area contributed by atoms with Crippen molar-refractivity contribution in [3.8, 4) is 22.6 Å². The van der Waals surface area contributed by atoms with Crippen LogP contribution in [0.1, 0.15) is 10.4 Å². The summed E-state index contributed by atoms with van der Waals surface area (Å²) >= 11 is 0. The average Bonchev–Trinajstić information content (AvgIpc) is 2.94. The van der Waals surface area contributed by atoms with Crippen molar-refractivity contribution in [2.24, 2.45) is 0 Å². The molecule has 0 aliphatic heterocycles. The number of carbonyl (C=O) groups excluding carboxylic acids is 3. The number of hydrogen-bond donors (Lipinski definition) is 0. The second-order valence-corrected chi connectivity index (χ2v) is 8.74. The van der Waals surface area contributed by atoms with Crippen LogP contribution in [0.15, 0.2) is 85.0 Å². The highest BCUT2D eigenvalue weighted by Gasteiger charge is 2.20. The van der Waals surface area contributed by atoms with Crippen molar-refractivity contribution >= 4 is 28.5 Å². The molecule has 3 rings (SSSR count). The molecule has 8 nitrogen and oxygen atoms in total. The van der Waals surface area contributed by atoms with Gasteiger partial charge in [0.1, 0.15) is 5.82 Å². The third-order valence-electron chi connectivity index (χ3n) is 5.73. The molecular formula is C31H29FO8. The van der Waals surface area contributed by atoms with Gasteiger partial charge in [-0.2, -0.15) is 0 Å². The number of carbonyl (C=O) groups is 3. The van der Waals surface area contributed by atoms with E-state index in [-0.39, 0.29) is 64.8 Å². The van der Waals surface area contributed by atoms with Gasteiger partial charge in [-0.15, -0.1) is 0 Å². The largest absolute Gasteiger partial charge is 0.419 e. The van der Waals surface area contributed by atoms with Gasteiger partial charge in [0.2, 0.25) is 0 Å². The van der Waals surface area contributed by atoms with E-state index in [1.807, 2.05) is 0 Å². The van der Waals surface area contributed by atoms with E-state index >= 15 is 4.39 Å². The van der Waals surface area contributed by atoms with E-state index in [9.17, 15) is 14.4 Å². The number of halogens is 1. The molecule has 0 atom stereocenters. The normalized spacial score (nSPS) is 10.7. The van der Waals surface area contributed by atoms with Crippen molar-refractivity contribution in [2.75, 3.05) is 41.2 Å². The van der Waals surface area contributed by atoms with Crippen molar-refractivity contribution in [1.82, 2.24) is 0 Å². The Morgan fingerprint density at radius 1 is 0.700 bits per heavy atom. The van der Waals surface area contributed by atoms with Crippen molar-refractivity contribution in [2.45, 2.75) is 0 Å². The Morgan fingerprint density at radius 2 is 1.27 bits per heavy atom. The molecule has 0 fully saturated rings. The second-order valence-electron chi connectivity index (χ2n) is 8.74. The van der Waals surface area contributed by atoms with Crippen LogP contribution in [-0.2, 0) is 23.8 Å². The second kappa shape index (κ2) is 13.6. The fraction of sp³-hybridized carbons (Fsp3) is 0.194. The Hall–Kier alpha value is -4.44. The summed E-state index contributed by atoms with van der Waals surface area (Å²) in [6, 6.07) is 12.1. The number of benzene rings is 3. The van der Waals surface area contributed by atoms with Crippen LogP contribution >= 0.6 is 0 Å². The first-order valence-electron chi connectivity index (χ1n) is 12.0. The fourth-order valence-corrected chi connectivity index (χ4v) is 3.75. The van der Waals surface area contributed by atoms with Crippen molar-refractivity contribution in [3.05, 3.63) is 96.4 Å². The van der Waals surface area contributed by atoms with Gasteiger partial charge in [-0.25, -0.2) is 14.0 Å². The number of methoxy groups -OCH3 is 3. The van der Waals surface area contributed by atoms with Crippen LogP contribution in [0.2, 0.25) is 0 Å². The predicted molar refractivity (Wildman–Crippen MR) is 148 cm³/mol. The third-order valence-corrected chi connectivity index (χ3v) is 5.73. The number of rotatable bonds is 13. The molecule has 0 aromatic heterocycles. The SMILES string of the molecule is C=C(COC)C(=O)Oc1ccc(-c2ccc3cc(C(=O)C(=C)COC)ccc3c2F)cc1OC(=O)C(=C)COC. The molecule has 0 N–H and O–H groups in total. The number of ether oxygens (including phenoxy) is 5. The number of esters is 2. The fourth-order valence-electron chi connectivity index (χ4n) is 3.75. The minimum atomic E-state index is -0.821. The van der Waals surface area contributed by atoms with E-state index in [1.54, 1.807) is 12.1 Å². The maximum absolute atomic E-state index is 15.7. The van der Waals surface area contributed by atoms with Gasteiger partial charge in [0.25, 0.3) is 0 Å². The van der Waals surface area contributed by atoms with E-state index in [4.69, 9.17) is 23.7 Å². The summed E-state index contributed by atoms with van der Waals surface area (Å²) in [5, 5.41) is 0.770. The van der Waals surface area contributed by atoms with Crippen LogP contribution in [-0.4, -0.2) is 58.9 Å². The van der Waals surface area contributed by atoms with Crippen molar-refractivity contribution in [3.63, 3.8) is 0 Å². The highest BCUT2D eigenvalue weighted by Crippen LogP contribution is 2.36. The average molecular weight is 549 g/mol. The molecule has 0 aliphatic rings. The van der Waals surface area contributed by atoms with Crippen LogP contribution in [0.5, 0.6) is 11.5 Å². The first-order chi connectivity index (χ1) is 19.1. The summed E-state index contributed by atoms with van der Waals surface area (Å²) in [7, 11) is 4.26. The summed E-state index contributed by atoms with van der Waals surface area (Å²) < 4.78 is 41.3. The van der Waals surface area contributed by atoms with Gasteiger partial charge in [-0.1, -0.05) is 50.1 Å². The molecule has 9 heteroatoms. The smallest absolute Gasteiger partial charge is 0.341 e. The lowest BCUT2D eigenvalue weighted by atomic mass is 9.96. The topological polar surface area (TPSA) is 97.4 Å². The van der Waals surface area contributed by atoms with Crippen LogP contribution in [0.4, 0.5) is 4.39 Å². The molecule has 0 heterocycles. The van der Waals surface area contributed by atoms with Crippen molar-refractivity contribution in [1.29, 1.82) is 0 Å². The molecule has 0 aliphatic carbocycles. The van der Waals surface area contributed by atoms with Crippen LogP contribution in [0, 0.1) is 5.82 Å². The van der Waals surface area contributed by atoms with Gasteiger partial charge in [0.05, 0.1) is 31.0 Å². The Balaban J connectivity index is 2.02. The standard InChI is InChI=1S/C31H29FO8/c1-18(15-36-4)29(33)23-8-11-24-21(13-23)7-10-25(28(24)32)22-9-12-26(39-30(34)19(2)16-37-5)27(14-22)40-31(35)20(3)17-38-6/h7-14H,1-3,15-17H2,4-6H3. The maximum Gasteiger partial charge on any atom is 0.341 e. The first kappa shape index (κ1) is 30.1. The van der Waals surface area contributed by atoms with Gasteiger partial charge in [0, 0.05) is 43.4 Å². The molecule has 0 amide bonds.